The normalized spacial score (nSPS) is 12.7. The molecule has 0 atom stereocenters. The van der Waals surface area contributed by atoms with Crippen LogP contribution in [0.15, 0.2) is 48.7 Å². The topological polar surface area (TPSA) is 60.3 Å². The standard InChI is InChI=1S/C21H22N4O2/c1-24(2)20-17(11-7-13-22-20)21(26)27-14-18-16-10-6-12-19(16)25(23-18)15-8-4-3-5-9-15/h3-5,7-9,11,13H,6,10,12,14H2,1-2H3. The Balaban J connectivity index is 1.57. The predicted octanol–water partition coefficient (Wildman–Crippen LogP) is 3.18. The van der Waals surface area contributed by atoms with Crippen LogP contribution in [0.5, 0.6) is 0 Å². The highest BCUT2D eigenvalue weighted by Gasteiger charge is 2.24. The number of rotatable bonds is 5. The number of carbonyl (C=O) groups excluding carboxylic acids is 1. The van der Waals surface area contributed by atoms with E-state index in [0.29, 0.717) is 11.4 Å². The van der Waals surface area contributed by atoms with E-state index in [4.69, 9.17) is 9.84 Å². The van der Waals surface area contributed by atoms with Gasteiger partial charge in [-0.3, -0.25) is 0 Å². The number of fused-ring (bicyclic) bond motifs is 1. The number of carbonyl (C=O) groups is 1. The van der Waals surface area contributed by atoms with Crippen LogP contribution < -0.4 is 4.90 Å². The average molecular weight is 362 g/mol. The van der Waals surface area contributed by atoms with Crippen LogP contribution in [0.1, 0.15) is 33.7 Å². The van der Waals surface area contributed by atoms with Gasteiger partial charge in [-0.2, -0.15) is 5.10 Å². The molecule has 4 rings (SSSR count). The first-order valence-corrected chi connectivity index (χ1v) is 9.09. The molecule has 0 N–H and O–H groups in total. The Morgan fingerprint density at radius 1 is 1.15 bits per heavy atom. The van der Waals surface area contributed by atoms with E-state index in [1.807, 2.05) is 49.1 Å². The highest BCUT2D eigenvalue weighted by atomic mass is 16.5. The summed E-state index contributed by atoms with van der Waals surface area (Å²) in [6.07, 6.45) is 4.75. The van der Waals surface area contributed by atoms with E-state index in [-0.39, 0.29) is 12.6 Å². The monoisotopic (exact) mass is 362 g/mol. The van der Waals surface area contributed by atoms with Gasteiger partial charge in [-0.15, -0.1) is 0 Å². The third kappa shape index (κ3) is 3.30. The summed E-state index contributed by atoms with van der Waals surface area (Å²) in [6, 6.07) is 13.6. The minimum Gasteiger partial charge on any atom is -0.455 e. The molecule has 0 amide bonds. The Bertz CT molecular complexity index is 964. The van der Waals surface area contributed by atoms with Crippen molar-refractivity contribution in [2.75, 3.05) is 19.0 Å². The van der Waals surface area contributed by atoms with Gasteiger partial charge in [0.05, 0.1) is 5.69 Å². The van der Waals surface area contributed by atoms with Gasteiger partial charge in [-0.05, 0) is 43.5 Å². The lowest BCUT2D eigenvalue weighted by Crippen LogP contribution is -2.17. The number of anilines is 1. The van der Waals surface area contributed by atoms with Crippen molar-refractivity contribution in [1.29, 1.82) is 0 Å². The van der Waals surface area contributed by atoms with Crippen molar-refractivity contribution >= 4 is 11.8 Å². The number of para-hydroxylation sites is 1. The molecule has 0 bridgehead atoms. The zero-order valence-electron chi connectivity index (χ0n) is 15.6. The van der Waals surface area contributed by atoms with E-state index in [0.717, 1.165) is 30.6 Å². The summed E-state index contributed by atoms with van der Waals surface area (Å²) in [6.45, 7) is 0.169. The van der Waals surface area contributed by atoms with E-state index in [9.17, 15) is 4.79 Å². The Kier molecular flexibility index (Phi) is 4.62. The van der Waals surface area contributed by atoms with Gasteiger partial charge >= 0.3 is 5.97 Å². The van der Waals surface area contributed by atoms with Crippen molar-refractivity contribution in [3.05, 3.63) is 71.2 Å². The molecule has 1 aliphatic rings. The second-order valence-corrected chi connectivity index (χ2v) is 6.82. The summed E-state index contributed by atoms with van der Waals surface area (Å²) in [4.78, 5) is 18.7. The molecule has 1 aliphatic carbocycles. The molecular formula is C21H22N4O2. The molecule has 6 nitrogen and oxygen atoms in total. The number of aromatic nitrogens is 3. The van der Waals surface area contributed by atoms with Gasteiger partial charge < -0.3 is 9.64 Å². The first kappa shape index (κ1) is 17.3. The molecule has 0 fully saturated rings. The van der Waals surface area contributed by atoms with Gasteiger partial charge in [0.2, 0.25) is 0 Å². The van der Waals surface area contributed by atoms with Gasteiger partial charge in [0, 0.05) is 31.5 Å². The van der Waals surface area contributed by atoms with Crippen LogP contribution in [0.25, 0.3) is 5.69 Å². The Labute approximate surface area is 158 Å². The fraction of sp³-hybridized carbons (Fsp3) is 0.286. The van der Waals surface area contributed by atoms with Gasteiger partial charge in [0.1, 0.15) is 23.7 Å². The number of hydrogen-bond acceptors (Lipinski definition) is 5. The average Bonchev–Trinajstić information content (AvgIpc) is 3.30. The van der Waals surface area contributed by atoms with Crippen LogP contribution in [-0.2, 0) is 24.2 Å². The van der Waals surface area contributed by atoms with E-state index in [1.54, 1.807) is 23.2 Å². The number of benzene rings is 1. The molecule has 27 heavy (non-hydrogen) atoms. The Hall–Kier alpha value is -3.15. The minimum atomic E-state index is -0.382. The maximum Gasteiger partial charge on any atom is 0.342 e. The molecule has 2 heterocycles. The molecular weight excluding hydrogens is 340 g/mol. The minimum absolute atomic E-state index is 0.169. The van der Waals surface area contributed by atoms with Crippen LogP contribution in [-0.4, -0.2) is 34.8 Å². The van der Waals surface area contributed by atoms with Crippen molar-refractivity contribution < 1.29 is 9.53 Å². The van der Waals surface area contributed by atoms with Crippen molar-refractivity contribution in [1.82, 2.24) is 14.8 Å². The summed E-state index contributed by atoms with van der Waals surface area (Å²) in [5.41, 5.74) is 4.78. The van der Waals surface area contributed by atoms with E-state index in [1.165, 1.54) is 11.3 Å². The summed E-state index contributed by atoms with van der Waals surface area (Å²) in [5, 5.41) is 4.74. The van der Waals surface area contributed by atoms with Crippen LogP contribution in [0.2, 0.25) is 0 Å². The molecule has 0 aliphatic heterocycles. The molecule has 0 saturated heterocycles. The molecule has 0 unspecified atom stereocenters. The Morgan fingerprint density at radius 3 is 2.74 bits per heavy atom. The molecule has 0 saturated carbocycles. The molecule has 0 radical (unpaired) electrons. The van der Waals surface area contributed by atoms with Gasteiger partial charge in [0.15, 0.2) is 0 Å². The molecule has 6 heteroatoms. The smallest absolute Gasteiger partial charge is 0.342 e. The fourth-order valence-electron chi connectivity index (χ4n) is 3.54. The molecule has 1 aromatic carbocycles. The largest absolute Gasteiger partial charge is 0.455 e. The highest BCUT2D eigenvalue weighted by molar-refractivity contribution is 5.94. The third-order valence-corrected chi connectivity index (χ3v) is 4.78. The summed E-state index contributed by atoms with van der Waals surface area (Å²) >= 11 is 0. The Morgan fingerprint density at radius 2 is 1.96 bits per heavy atom. The van der Waals surface area contributed by atoms with Crippen molar-refractivity contribution in [3.63, 3.8) is 0 Å². The zero-order valence-corrected chi connectivity index (χ0v) is 15.6. The van der Waals surface area contributed by atoms with Gasteiger partial charge in [0.25, 0.3) is 0 Å². The maximum absolute atomic E-state index is 12.6. The summed E-state index contributed by atoms with van der Waals surface area (Å²) in [5.74, 6) is 0.218. The number of ether oxygens (including phenoxy) is 1. The first-order valence-electron chi connectivity index (χ1n) is 9.09. The van der Waals surface area contributed by atoms with Crippen molar-refractivity contribution in [3.8, 4) is 5.69 Å². The third-order valence-electron chi connectivity index (χ3n) is 4.78. The number of esters is 1. The van der Waals surface area contributed by atoms with Gasteiger partial charge in [-0.1, -0.05) is 18.2 Å². The highest BCUT2D eigenvalue weighted by Crippen LogP contribution is 2.28. The molecule has 3 aromatic rings. The number of nitrogens with zero attached hydrogens (tertiary/aromatic N) is 4. The predicted molar refractivity (Wildman–Crippen MR) is 103 cm³/mol. The van der Waals surface area contributed by atoms with E-state index < -0.39 is 0 Å². The lowest BCUT2D eigenvalue weighted by Gasteiger charge is -2.14. The molecule has 138 valence electrons. The fourth-order valence-corrected chi connectivity index (χ4v) is 3.54. The lowest BCUT2D eigenvalue weighted by atomic mass is 10.2. The first-order chi connectivity index (χ1) is 13.1. The van der Waals surface area contributed by atoms with Crippen LogP contribution >= 0.6 is 0 Å². The van der Waals surface area contributed by atoms with Gasteiger partial charge in [-0.25, -0.2) is 14.5 Å². The molecule has 2 aromatic heterocycles. The number of hydrogen-bond donors (Lipinski definition) is 0. The van der Waals surface area contributed by atoms with Crippen molar-refractivity contribution in [2.24, 2.45) is 0 Å². The zero-order chi connectivity index (χ0) is 18.8. The van der Waals surface area contributed by atoms with Crippen LogP contribution in [0.4, 0.5) is 5.82 Å². The second-order valence-electron chi connectivity index (χ2n) is 6.82. The van der Waals surface area contributed by atoms with Crippen LogP contribution in [0.3, 0.4) is 0 Å². The van der Waals surface area contributed by atoms with E-state index in [2.05, 4.69) is 4.98 Å². The summed E-state index contributed by atoms with van der Waals surface area (Å²) < 4.78 is 7.58. The maximum atomic E-state index is 12.6. The molecule has 0 spiro atoms. The quantitative estimate of drug-likeness (QED) is 0.653. The SMILES string of the molecule is CN(C)c1ncccc1C(=O)OCc1nn(-c2ccccc2)c2c1CCC2. The van der Waals surface area contributed by atoms with Crippen LogP contribution in [0, 0.1) is 0 Å². The van der Waals surface area contributed by atoms with Crippen molar-refractivity contribution in [2.45, 2.75) is 25.9 Å². The van der Waals surface area contributed by atoms with E-state index >= 15 is 0 Å². The summed E-state index contributed by atoms with van der Waals surface area (Å²) in [7, 11) is 3.71. The number of pyridine rings is 1. The lowest BCUT2D eigenvalue weighted by molar-refractivity contribution is 0.0467. The second kappa shape index (κ2) is 7.23.